The molecule has 1 aliphatic heterocycles. The number of aryl methyl sites for hydroxylation is 1. The first-order chi connectivity index (χ1) is 16.6. The van der Waals surface area contributed by atoms with Crippen molar-refractivity contribution in [1.29, 1.82) is 0 Å². The van der Waals surface area contributed by atoms with Crippen LogP contribution in [0.5, 0.6) is 5.75 Å². The quantitative estimate of drug-likeness (QED) is 0.398. The Hall–Kier alpha value is -3.71. The predicted molar refractivity (Wildman–Crippen MR) is 137 cm³/mol. The van der Waals surface area contributed by atoms with Gasteiger partial charge in [0.25, 0.3) is 0 Å². The van der Waals surface area contributed by atoms with Crippen LogP contribution in [0.1, 0.15) is 40.3 Å². The van der Waals surface area contributed by atoms with E-state index in [2.05, 4.69) is 68.9 Å². The zero-order chi connectivity index (χ0) is 23.7. The summed E-state index contributed by atoms with van der Waals surface area (Å²) in [6.45, 7) is 4.98. The zero-order valence-corrected chi connectivity index (χ0v) is 20.3. The molecule has 1 aromatic carbocycles. The summed E-state index contributed by atoms with van der Waals surface area (Å²) in [6.07, 6.45) is 5.52. The molecule has 172 valence electrons. The fourth-order valence-corrected chi connectivity index (χ4v) is 5.12. The van der Waals surface area contributed by atoms with Gasteiger partial charge in [0.1, 0.15) is 5.75 Å². The molecular formula is C27H27N5OS. The standard InChI is InChI=1S/C27H27N5OS/c1-18-15-23(19(2)32(18)21-9-11-22(33-3)12-10-21)26-25(24-8-4-5-14-29-24)30-27(34)31(26)17-20-7-6-13-28-16-20/h4-16,25-26H,17H2,1-3H3,(H,30,34)/t25-,26+/m1/s1. The first-order valence-electron chi connectivity index (χ1n) is 11.3. The van der Waals surface area contributed by atoms with Crippen molar-refractivity contribution in [3.63, 3.8) is 0 Å². The molecule has 0 bridgehead atoms. The highest BCUT2D eigenvalue weighted by Crippen LogP contribution is 2.42. The molecule has 4 heterocycles. The maximum atomic E-state index is 5.84. The lowest BCUT2D eigenvalue weighted by molar-refractivity contribution is 0.310. The summed E-state index contributed by atoms with van der Waals surface area (Å²) < 4.78 is 7.63. The number of aromatic nitrogens is 3. The number of hydrogen-bond donors (Lipinski definition) is 1. The van der Waals surface area contributed by atoms with Crippen molar-refractivity contribution in [3.05, 3.63) is 107 Å². The largest absolute Gasteiger partial charge is 0.497 e. The monoisotopic (exact) mass is 469 g/mol. The Balaban J connectivity index is 1.60. The lowest BCUT2D eigenvalue weighted by Crippen LogP contribution is -2.29. The molecule has 1 saturated heterocycles. The van der Waals surface area contributed by atoms with E-state index in [9.17, 15) is 0 Å². The summed E-state index contributed by atoms with van der Waals surface area (Å²) in [5.74, 6) is 0.842. The predicted octanol–water partition coefficient (Wildman–Crippen LogP) is 5.07. The van der Waals surface area contributed by atoms with Crippen LogP contribution in [0.25, 0.3) is 5.69 Å². The summed E-state index contributed by atoms with van der Waals surface area (Å²) in [5.41, 5.74) is 6.75. The molecule has 3 aromatic heterocycles. The summed E-state index contributed by atoms with van der Waals surface area (Å²) in [6, 6.07) is 20.4. The van der Waals surface area contributed by atoms with Gasteiger partial charge in [-0.2, -0.15) is 0 Å². The molecule has 1 N–H and O–H groups in total. The number of nitrogens with zero attached hydrogens (tertiary/aromatic N) is 4. The second kappa shape index (κ2) is 9.27. The Morgan fingerprint density at radius 1 is 1.03 bits per heavy atom. The van der Waals surface area contributed by atoms with Crippen LogP contribution < -0.4 is 10.1 Å². The average Bonchev–Trinajstić information content (AvgIpc) is 3.35. The first-order valence-corrected chi connectivity index (χ1v) is 11.7. The number of benzene rings is 1. The number of methoxy groups -OCH3 is 1. The number of pyridine rings is 2. The molecule has 0 radical (unpaired) electrons. The van der Waals surface area contributed by atoms with Crippen molar-refractivity contribution >= 4 is 17.3 Å². The summed E-state index contributed by atoms with van der Waals surface area (Å²) >= 11 is 5.84. The van der Waals surface area contributed by atoms with E-state index in [0.717, 1.165) is 33.5 Å². The van der Waals surface area contributed by atoms with Gasteiger partial charge in [0.05, 0.1) is 24.9 Å². The van der Waals surface area contributed by atoms with Crippen LogP contribution in [0.3, 0.4) is 0 Å². The molecular weight excluding hydrogens is 442 g/mol. The van der Waals surface area contributed by atoms with Crippen molar-refractivity contribution in [2.24, 2.45) is 0 Å². The molecule has 2 atom stereocenters. The first kappa shape index (κ1) is 22.1. The minimum absolute atomic E-state index is 0.0131. The molecule has 0 aliphatic carbocycles. The third-order valence-electron chi connectivity index (χ3n) is 6.39. The molecule has 0 saturated carbocycles. The number of thiocarbonyl (C=S) groups is 1. The van der Waals surface area contributed by atoms with E-state index in [-0.39, 0.29) is 12.1 Å². The minimum atomic E-state index is -0.0600. The van der Waals surface area contributed by atoms with Gasteiger partial charge in [-0.3, -0.25) is 9.97 Å². The molecule has 4 aromatic rings. The van der Waals surface area contributed by atoms with Crippen LogP contribution >= 0.6 is 12.2 Å². The van der Waals surface area contributed by atoms with Crippen LogP contribution in [0.4, 0.5) is 0 Å². The van der Waals surface area contributed by atoms with Crippen molar-refractivity contribution in [1.82, 2.24) is 24.8 Å². The van der Waals surface area contributed by atoms with Gasteiger partial charge in [0.2, 0.25) is 0 Å². The van der Waals surface area contributed by atoms with Crippen molar-refractivity contribution < 1.29 is 4.74 Å². The molecule has 1 fully saturated rings. The molecule has 6 nitrogen and oxygen atoms in total. The Bertz CT molecular complexity index is 1290. The second-order valence-corrected chi connectivity index (χ2v) is 8.86. The van der Waals surface area contributed by atoms with Gasteiger partial charge >= 0.3 is 0 Å². The molecule has 1 aliphatic rings. The minimum Gasteiger partial charge on any atom is -0.497 e. The highest BCUT2D eigenvalue weighted by atomic mass is 32.1. The van der Waals surface area contributed by atoms with Crippen molar-refractivity contribution in [3.8, 4) is 11.4 Å². The van der Waals surface area contributed by atoms with Crippen LogP contribution in [-0.4, -0.2) is 31.7 Å². The van der Waals surface area contributed by atoms with Gasteiger partial charge in [0, 0.05) is 42.2 Å². The van der Waals surface area contributed by atoms with E-state index in [0.29, 0.717) is 6.54 Å². The van der Waals surface area contributed by atoms with Gasteiger partial charge in [-0.15, -0.1) is 0 Å². The van der Waals surface area contributed by atoms with Gasteiger partial charge in [-0.1, -0.05) is 12.1 Å². The van der Waals surface area contributed by atoms with Crippen molar-refractivity contribution in [2.75, 3.05) is 7.11 Å². The fourth-order valence-electron chi connectivity index (χ4n) is 4.82. The lowest BCUT2D eigenvalue weighted by Gasteiger charge is -2.28. The van der Waals surface area contributed by atoms with Crippen molar-refractivity contribution in [2.45, 2.75) is 32.5 Å². The van der Waals surface area contributed by atoms with Crippen LogP contribution in [0.2, 0.25) is 0 Å². The molecule has 0 amide bonds. The Kier molecular flexibility index (Phi) is 6.02. The van der Waals surface area contributed by atoms with Gasteiger partial charge in [-0.25, -0.2) is 0 Å². The van der Waals surface area contributed by atoms with Crippen LogP contribution in [-0.2, 0) is 6.54 Å². The molecule has 34 heavy (non-hydrogen) atoms. The topological polar surface area (TPSA) is 55.2 Å². The van der Waals surface area contributed by atoms with E-state index < -0.39 is 0 Å². The fraction of sp³-hybridized carbons (Fsp3) is 0.222. The Morgan fingerprint density at radius 3 is 2.53 bits per heavy atom. The molecule has 5 rings (SSSR count). The van der Waals surface area contributed by atoms with E-state index in [1.54, 1.807) is 13.3 Å². The number of rotatable bonds is 6. The zero-order valence-electron chi connectivity index (χ0n) is 19.5. The third kappa shape index (κ3) is 4.03. The summed E-state index contributed by atoms with van der Waals surface area (Å²) in [7, 11) is 1.68. The molecule has 0 spiro atoms. The van der Waals surface area contributed by atoms with Gasteiger partial charge in [0.15, 0.2) is 5.11 Å². The highest BCUT2D eigenvalue weighted by molar-refractivity contribution is 7.80. The van der Waals surface area contributed by atoms with Gasteiger partial charge in [-0.05, 0) is 85.7 Å². The molecule has 7 heteroatoms. The summed E-state index contributed by atoms with van der Waals surface area (Å²) in [5, 5.41) is 4.27. The molecule has 0 unspecified atom stereocenters. The maximum Gasteiger partial charge on any atom is 0.170 e. The summed E-state index contributed by atoms with van der Waals surface area (Å²) in [4.78, 5) is 11.2. The van der Waals surface area contributed by atoms with E-state index >= 15 is 0 Å². The Morgan fingerprint density at radius 2 is 1.85 bits per heavy atom. The van der Waals surface area contributed by atoms with Gasteiger partial charge < -0.3 is 19.5 Å². The van der Waals surface area contributed by atoms with Crippen LogP contribution in [0, 0.1) is 13.8 Å². The smallest absolute Gasteiger partial charge is 0.170 e. The SMILES string of the molecule is COc1ccc(-n2c(C)cc([C@H]3[C@@H](c4ccccn4)NC(=S)N3Cc3cccnc3)c2C)cc1. The Labute approximate surface area is 205 Å². The second-order valence-electron chi connectivity index (χ2n) is 8.48. The average molecular weight is 470 g/mol. The lowest BCUT2D eigenvalue weighted by atomic mass is 9.96. The number of ether oxygens (including phenoxy) is 1. The van der Waals surface area contributed by atoms with E-state index in [1.807, 2.05) is 42.7 Å². The number of hydrogen-bond acceptors (Lipinski definition) is 4. The van der Waals surface area contributed by atoms with E-state index in [4.69, 9.17) is 17.0 Å². The van der Waals surface area contributed by atoms with E-state index in [1.165, 1.54) is 11.3 Å². The third-order valence-corrected chi connectivity index (χ3v) is 6.75. The number of nitrogens with one attached hydrogen (secondary N) is 1. The van der Waals surface area contributed by atoms with Crippen LogP contribution in [0.15, 0.2) is 79.3 Å². The normalized spacial score (nSPS) is 17.6. The maximum absolute atomic E-state index is 5.84. The highest BCUT2D eigenvalue weighted by Gasteiger charge is 2.41.